The van der Waals surface area contributed by atoms with Gasteiger partial charge in [-0.05, 0) is 44.4 Å². The summed E-state index contributed by atoms with van der Waals surface area (Å²) >= 11 is 5.25. The van der Waals surface area contributed by atoms with Gasteiger partial charge < -0.3 is 20.5 Å². The summed E-state index contributed by atoms with van der Waals surface area (Å²) in [4.78, 5) is 5.42. The molecule has 0 aliphatic heterocycles. The second-order valence-electron chi connectivity index (χ2n) is 5.10. The number of benzene rings is 1. The van der Waals surface area contributed by atoms with Crippen molar-refractivity contribution < 1.29 is 0 Å². The Bertz CT molecular complexity index is 562. The van der Waals surface area contributed by atoms with Gasteiger partial charge in [-0.1, -0.05) is 18.2 Å². The molecule has 0 unspecified atom stereocenters. The lowest BCUT2D eigenvalue weighted by atomic mass is 10.1. The summed E-state index contributed by atoms with van der Waals surface area (Å²) in [6, 6.07) is 8.36. The highest BCUT2D eigenvalue weighted by atomic mass is 32.1. The predicted octanol–water partition coefficient (Wildman–Crippen LogP) is 1.74. The topological polar surface area (TPSA) is 43.1 Å². The fraction of sp³-hybridized carbons (Fsp3) is 0.400. The van der Waals surface area contributed by atoms with Crippen molar-refractivity contribution in [3.63, 3.8) is 0 Å². The van der Waals surface area contributed by atoms with Gasteiger partial charge in [-0.2, -0.15) is 0 Å². The minimum atomic E-state index is 0.728. The molecule has 0 amide bonds. The zero-order chi connectivity index (χ0) is 14.4. The van der Waals surface area contributed by atoms with Crippen LogP contribution in [0.1, 0.15) is 5.56 Å². The van der Waals surface area contributed by atoms with Gasteiger partial charge in [-0.15, -0.1) is 0 Å². The van der Waals surface area contributed by atoms with Gasteiger partial charge in [0.2, 0.25) is 0 Å². The Morgan fingerprint density at radius 2 is 1.95 bits per heavy atom. The molecule has 0 aliphatic rings. The number of aromatic nitrogens is 1. The summed E-state index contributed by atoms with van der Waals surface area (Å²) in [6.07, 6.45) is 3.04. The van der Waals surface area contributed by atoms with Gasteiger partial charge >= 0.3 is 0 Å². The molecule has 0 spiro atoms. The van der Waals surface area contributed by atoms with Crippen molar-refractivity contribution in [3.05, 3.63) is 36.0 Å². The third-order valence-electron chi connectivity index (χ3n) is 3.20. The van der Waals surface area contributed by atoms with E-state index in [0.717, 1.165) is 31.2 Å². The number of likely N-dealkylation sites (N-methyl/N-ethyl adjacent to an activating group) is 1. The van der Waals surface area contributed by atoms with Gasteiger partial charge in [0, 0.05) is 36.7 Å². The summed E-state index contributed by atoms with van der Waals surface area (Å²) in [5, 5.41) is 8.47. The van der Waals surface area contributed by atoms with Crippen molar-refractivity contribution in [1.29, 1.82) is 0 Å². The molecule has 1 heterocycles. The molecule has 0 radical (unpaired) electrons. The molecule has 2 rings (SSSR count). The molecule has 0 bridgehead atoms. The molecule has 0 atom stereocenters. The maximum absolute atomic E-state index is 5.25. The van der Waals surface area contributed by atoms with Gasteiger partial charge in [0.15, 0.2) is 5.11 Å². The Morgan fingerprint density at radius 1 is 1.20 bits per heavy atom. The van der Waals surface area contributed by atoms with E-state index >= 15 is 0 Å². The predicted molar refractivity (Wildman–Crippen MR) is 89.2 cm³/mol. The van der Waals surface area contributed by atoms with Crippen molar-refractivity contribution in [2.24, 2.45) is 0 Å². The second-order valence-corrected chi connectivity index (χ2v) is 5.50. The highest BCUT2D eigenvalue weighted by molar-refractivity contribution is 7.80. The van der Waals surface area contributed by atoms with Gasteiger partial charge in [-0.3, -0.25) is 0 Å². The number of aromatic amines is 1. The number of nitrogens with one attached hydrogen (secondary N) is 3. The number of thiocarbonyl (C=S) groups is 1. The molecule has 20 heavy (non-hydrogen) atoms. The Balaban J connectivity index is 1.74. The third-order valence-corrected chi connectivity index (χ3v) is 3.49. The van der Waals surface area contributed by atoms with Crippen molar-refractivity contribution in [1.82, 2.24) is 20.5 Å². The second kappa shape index (κ2) is 7.26. The van der Waals surface area contributed by atoms with Crippen LogP contribution < -0.4 is 10.6 Å². The molecule has 0 fully saturated rings. The minimum absolute atomic E-state index is 0.728. The molecule has 108 valence electrons. The first-order chi connectivity index (χ1) is 9.66. The molecule has 4 nitrogen and oxygen atoms in total. The van der Waals surface area contributed by atoms with Crippen LogP contribution >= 0.6 is 12.2 Å². The van der Waals surface area contributed by atoms with Gasteiger partial charge in [0.25, 0.3) is 0 Å². The molecular formula is C15H22N4S. The Morgan fingerprint density at radius 3 is 2.75 bits per heavy atom. The van der Waals surface area contributed by atoms with E-state index in [4.69, 9.17) is 12.2 Å². The average Bonchev–Trinajstić information content (AvgIpc) is 2.82. The van der Waals surface area contributed by atoms with Crippen LogP contribution in [-0.2, 0) is 6.42 Å². The van der Waals surface area contributed by atoms with Crippen molar-refractivity contribution >= 4 is 28.2 Å². The monoisotopic (exact) mass is 290 g/mol. The summed E-state index contributed by atoms with van der Waals surface area (Å²) in [6.45, 7) is 2.69. The number of hydrogen-bond acceptors (Lipinski definition) is 2. The van der Waals surface area contributed by atoms with Crippen LogP contribution in [0.4, 0.5) is 0 Å². The van der Waals surface area contributed by atoms with E-state index in [2.05, 4.69) is 59.0 Å². The maximum Gasteiger partial charge on any atom is 0.166 e. The van der Waals surface area contributed by atoms with Crippen LogP contribution in [0, 0.1) is 0 Å². The SMILES string of the molecule is CN(C)CCNC(=S)NCCc1c[nH]c2ccccc12. The van der Waals surface area contributed by atoms with Crippen LogP contribution in [0.3, 0.4) is 0 Å². The third kappa shape index (κ3) is 4.21. The zero-order valence-corrected chi connectivity index (χ0v) is 12.9. The first kappa shape index (κ1) is 14.8. The highest BCUT2D eigenvalue weighted by Gasteiger charge is 2.02. The lowest BCUT2D eigenvalue weighted by Crippen LogP contribution is -2.39. The highest BCUT2D eigenvalue weighted by Crippen LogP contribution is 2.17. The molecule has 0 saturated heterocycles. The number of nitrogens with zero attached hydrogens (tertiary/aromatic N) is 1. The van der Waals surface area contributed by atoms with Gasteiger partial charge in [0.1, 0.15) is 0 Å². The number of hydrogen-bond donors (Lipinski definition) is 3. The Kier molecular flexibility index (Phi) is 5.38. The van der Waals surface area contributed by atoms with E-state index in [-0.39, 0.29) is 0 Å². The number of para-hydroxylation sites is 1. The van der Waals surface area contributed by atoms with Crippen LogP contribution in [0.5, 0.6) is 0 Å². The first-order valence-corrected chi connectivity index (χ1v) is 7.29. The maximum atomic E-state index is 5.25. The normalized spacial score (nSPS) is 10.9. The molecule has 0 saturated carbocycles. The largest absolute Gasteiger partial charge is 0.362 e. The van der Waals surface area contributed by atoms with E-state index in [1.54, 1.807) is 0 Å². The van der Waals surface area contributed by atoms with E-state index in [0.29, 0.717) is 0 Å². The lowest BCUT2D eigenvalue weighted by Gasteiger charge is -2.13. The van der Waals surface area contributed by atoms with Crippen molar-refractivity contribution in [2.45, 2.75) is 6.42 Å². The molecule has 1 aromatic carbocycles. The van der Waals surface area contributed by atoms with Crippen LogP contribution in [0.15, 0.2) is 30.5 Å². The van der Waals surface area contributed by atoms with Crippen molar-refractivity contribution in [2.75, 3.05) is 33.7 Å². The van der Waals surface area contributed by atoms with Crippen LogP contribution in [0.2, 0.25) is 0 Å². The van der Waals surface area contributed by atoms with E-state index in [9.17, 15) is 0 Å². The summed E-state index contributed by atoms with van der Waals surface area (Å²) < 4.78 is 0. The quantitative estimate of drug-likeness (QED) is 0.709. The van der Waals surface area contributed by atoms with Crippen LogP contribution in [-0.4, -0.2) is 48.7 Å². The Hall–Kier alpha value is -1.59. The summed E-state index contributed by atoms with van der Waals surface area (Å²) in [5.74, 6) is 0. The molecule has 2 aromatic rings. The smallest absolute Gasteiger partial charge is 0.166 e. The van der Waals surface area contributed by atoms with E-state index in [1.165, 1.54) is 16.5 Å². The minimum Gasteiger partial charge on any atom is -0.362 e. The fourth-order valence-electron chi connectivity index (χ4n) is 2.10. The van der Waals surface area contributed by atoms with E-state index < -0.39 is 0 Å². The van der Waals surface area contributed by atoms with Crippen LogP contribution in [0.25, 0.3) is 10.9 Å². The number of H-pyrrole nitrogens is 1. The van der Waals surface area contributed by atoms with E-state index in [1.807, 2.05) is 6.07 Å². The molecule has 5 heteroatoms. The molecule has 3 N–H and O–H groups in total. The zero-order valence-electron chi connectivity index (χ0n) is 12.1. The molecule has 1 aromatic heterocycles. The number of rotatable bonds is 6. The van der Waals surface area contributed by atoms with Gasteiger partial charge in [0.05, 0.1) is 0 Å². The molecule has 0 aliphatic carbocycles. The fourth-order valence-corrected chi connectivity index (χ4v) is 2.31. The summed E-state index contributed by atoms with van der Waals surface area (Å²) in [7, 11) is 4.10. The summed E-state index contributed by atoms with van der Waals surface area (Å²) in [5.41, 5.74) is 2.51. The standard InChI is InChI=1S/C15H22N4S/c1-19(2)10-9-17-15(20)16-8-7-12-11-18-14-6-4-3-5-13(12)14/h3-6,11,18H,7-10H2,1-2H3,(H2,16,17,20). The Labute approximate surface area is 125 Å². The first-order valence-electron chi connectivity index (χ1n) is 6.88. The van der Waals surface area contributed by atoms with Gasteiger partial charge in [-0.25, -0.2) is 0 Å². The number of fused-ring (bicyclic) bond motifs is 1. The average molecular weight is 290 g/mol. The molecular weight excluding hydrogens is 268 g/mol. The van der Waals surface area contributed by atoms with Crippen molar-refractivity contribution in [3.8, 4) is 0 Å². The lowest BCUT2D eigenvalue weighted by molar-refractivity contribution is 0.412.